The second-order valence-corrected chi connectivity index (χ2v) is 5.23. The maximum atomic E-state index is 11.9. The van der Waals surface area contributed by atoms with Crippen molar-refractivity contribution in [1.82, 2.24) is 0 Å². The Morgan fingerprint density at radius 3 is 2.15 bits per heavy atom. The Morgan fingerprint density at radius 2 is 1.62 bits per heavy atom. The van der Waals surface area contributed by atoms with Crippen LogP contribution < -0.4 is 0 Å². The SMILES string of the molecule is CC12CC3C[C@H](C[C@H](C3)C1=O)C2=O. The zero-order chi connectivity index (χ0) is 9.22. The van der Waals surface area contributed by atoms with E-state index in [2.05, 4.69) is 0 Å². The number of rotatable bonds is 0. The van der Waals surface area contributed by atoms with E-state index < -0.39 is 5.41 Å². The minimum Gasteiger partial charge on any atom is -0.298 e. The molecule has 0 aromatic rings. The lowest BCUT2D eigenvalue weighted by Gasteiger charge is -2.52. The van der Waals surface area contributed by atoms with Gasteiger partial charge < -0.3 is 0 Å². The van der Waals surface area contributed by atoms with Gasteiger partial charge in [-0.05, 0) is 38.5 Å². The Balaban J connectivity index is 2.11. The van der Waals surface area contributed by atoms with Crippen LogP contribution in [0.15, 0.2) is 0 Å². The highest BCUT2D eigenvalue weighted by Crippen LogP contribution is 2.55. The fourth-order valence-electron chi connectivity index (χ4n) is 3.83. The molecule has 0 heterocycles. The van der Waals surface area contributed by atoms with Gasteiger partial charge >= 0.3 is 0 Å². The predicted molar refractivity (Wildman–Crippen MR) is 47.1 cm³/mol. The van der Waals surface area contributed by atoms with Crippen LogP contribution in [0, 0.1) is 23.2 Å². The molecule has 4 fully saturated rings. The van der Waals surface area contributed by atoms with Gasteiger partial charge in [-0.2, -0.15) is 0 Å². The lowest BCUT2D eigenvalue weighted by Crippen LogP contribution is -2.58. The molecule has 0 radical (unpaired) electrons. The summed E-state index contributed by atoms with van der Waals surface area (Å²) in [6.45, 7) is 1.88. The molecule has 0 amide bonds. The Labute approximate surface area is 77.7 Å². The van der Waals surface area contributed by atoms with E-state index in [1.54, 1.807) is 0 Å². The molecule has 4 rings (SSSR count). The predicted octanol–water partition coefficient (Wildman–Crippen LogP) is 1.58. The standard InChI is InChI=1S/C11H14O2/c1-11-5-6-2-7(9(11)12)4-8(3-6)10(11)13/h6-8H,2-5H2,1H3/t6?,7-,8+,11?. The third-order valence-corrected chi connectivity index (χ3v) is 4.33. The van der Waals surface area contributed by atoms with Gasteiger partial charge in [-0.3, -0.25) is 9.59 Å². The van der Waals surface area contributed by atoms with Crippen LogP contribution >= 0.6 is 0 Å². The number of Topliss-reactive ketones (excluding diaryl/α,β-unsaturated/α-hetero) is 2. The number of hydrogen-bond donors (Lipinski definition) is 0. The van der Waals surface area contributed by atoms with Crippen molar-refractivity contribution in [2.24, 2.45) is 23.2 Å². The summed E-state index contributed by atoms with van der Waals surface area (Å²) in [4.78, 5) is 23.8. The van der Waals surface area contributed by atoms with Gasteiger partial charge in [-0.1, -0.05) is 0 Å². The van der Waals surface area contributed by atoms with Crippen molar-refractivity contribution in [3.63, 3.8) is 0 Å². The van der Waals surface area contributed by atoms with Crippen LogP contribution in [-0.4, -0.2) is 11.6 Å². The first-order valence-corrected chi connectivity index (χ1v) is 5.20. The van der Waals surface area contributed by atoms with Crippen LogP contribution in [0.1, 0.15) is 32.6 Å². The van der Waals surface area contributed by atoms with Crippen molar-refractivity contribution in [2.45, 2.75) is 32.6 Å². The average molecular weight is 178 g/mol. The Bertz CT molecular complexity index is 281. The first kappa shape index (κ1) is 7.72. The van der Waals surface area contributed by atoms with Gasteiger partial charge in [0.15, 0.2) is 0 Å². The minimum atomic E-state index is -0.561. The second-order valence-electron chi connectivity index (χ2n) is 5.23. The van der Waals surface area contributed by atoms with Crippen molar-refractivity contribution >= 4 is 11.6 Å². The van der Waals surface area contributed by atoms with E-state index in [1.165, 1.54) is 0 Å². The molecule has 0 spiro atoms. The van der Waals surface area contributed by atoms with Crippen LogP contribution in [-0.2, 0) is 9.59 Å². The molecule has 13 heavy (non-hydrogen) atoms. The lowest BCUT2D eigenvalue weighted by atomic mass is 9.49. The molecule has 4 bridgehead atoms. The molecular formula is C11H14O2. The number of carbonyl (C=O) groups excluding carboxylic acids is 2. The minimum absolute atomic E-state index is 0.236. The van der Waals surface area contributed by atoms with E-state index in [1.807, 2.05) is 6.92 Å². The largest absolute Gasteiger partial charge is 0.298 e. The zero-order valence-corrected chi connectivity index (χ0v) is 7.88. The summed E-state index contributed by atoms with van der Waals surface area (Å²) in [5.41, 5.74) is -0.561. The summed E-state index contributed by atoms with van der Waals surface area (Å²) >= 11 is 0. The van der Waals surface area contributed by atoms with Crippen molar-refractivity contribution in [1.29, 1.82) is 0 Å². The normalized spacial score (nSPS) is 53.2. The molecule has 4 saturated carbocycles. The maximum Gasteiger partial charge on any atom is 0.149 e. The molecule has 2 heteroatoms. The maximum absolute atomic E-state index is 11.9. The molecule has 2 nitrogen and oxygen atoms in total. The summed E-state index contributed by atoms with van der Waals surface area (Å²) in [5.74, 6) is 1.65. The highest BCUT2D eigenvalue weighted by atomic mass is 16.2. The van der Waals surface area contributed by atoms with Gasteiger partial charge in [-0.15, -0.1) is 0 Å². The van der Waals surface area contributed by atoms with Gasteiger partial charge in [0.05, 0.1) is 5.41 Å². The van der Waals surface area contributed by atoms with Crippen molar-refractivity contribution < 1.29 is 9.59 Å². The van der Waals surface area contributed by atoms with Crippen molar-refractivity contribution in [3.8, 4) is 0 Å². The average Bonchev–Trinajstić information content (AvgIpc) is 2.10. The zero-order valence-electron chi connectivity index (χ0n) is 7.88. The van der Waals surface area contributed by atoms with Crippen LogP contribution in [0.2, 0.25) is 0 Å². The first-order chi connectivity index (χ1) is 6.11. The van der Waals surface area contributed by atoms with Crippen LogP contribution in [0.25, 0.3) is 0 Å². The highest BCUT2D eigenvalue weighted by Gasteiger charge is 2.59. The molecule has 4 aliphatic carbocycles. The highest BCUT2D eigenvalue weighted by molar-refractivity contribution is 6.11. The number of carbonyl (C=O) groups is 2. The molecule has 0 aromatic carbocycles. The third kappa shape index (κ3) is 0.749. The molecule has 4 aliphatic rings. The molecule has 70 valence electrons. The van der Waals surface area contributed by atoms with Crippen LogP contribution in [0.4, 0.5) is 0 Å². The number of hydrogen-bond acceptors (Lipinski definition) is 2. The van der Waals surface area contributed by atoms with E-state index >= 15 is 0 Å². The molecular weight excluding hydrogens is 164 g/mol. The van der Waals surface area contributed by atoms with E-state index in [0.717, 1.165) is 25.7 Å². The van der Waals surface area contributed by atoms with E-state index in [-0.39, 0.29) is 23.4 Å². The quantitative estimate of drug-likeness (QED) is 0.528. The summed E-state index contributed by atoms with van der Waals surface area (Å²) in [5, 5.41) is 0. The molecule has 0 N–H and O–H groups in total. The topological polar surface area (TPSA) is 34.1 Å². The summed E-state index contributed by atoms with van der Waals surface area (Å²) in [6, 6.07) is 0. The van der Waals surface area contributed by atoms with Gasteiger partial charge in [0.25, 0.3) is 0 Å². The van der Waals surface area contributed by atoms with E-state index in [0.29, 0.717) is 5.92 Å². The fourth-order valence-corrected chi connectivity index (χ4v) is 3.83. The summed E-state index contributed by atoms with van der Waals surface area (Å²) < 4.78 is 0. The fraction of sp³-hybridized carbons (Fsp3) is 0.818. The Hall–Kier alpha value is -0.660. The van der Waals surface area contributed by atoms with E-state index in [4.69, 9.17) is 0 Å². The van der Waals surface area contributed by atoms with Crippen molar-refractivity contribution in [2.75, 3.05) is 0 Å². The van der Waals surface area contributed by atoms with Crippen LogP contribution in [0.3, 0.4) is 0 Å². The first-order valence-electron chi connectivity index (χ1n) is 5.20. The second kappa shape index (κ2) is 2.05. The van der Waals surface area contributed by atoms with E-state index in [9.17, 15) is 9.59 Å². The third-order valence-electron chi connectivity index (χ3n) is 4.33. The molecule has 2 unspecified atom stereocenters. The molecule has 0 aromatic heterocycles. The molecule has 0 aliphatic heterocycles. The smallest absolute Gasteiger partial charge is 0.149 e. The van der Waals surface area contributed by atoms with Gasteiger partial charge in [0, 0.05) is 11.8 Å². The van der Waals surface area contributed by atoms with Gasteiger partial charge in [-0.25, -0.2) is 0 Å². The van der Waals surface area contributed by atoms with Gasteiger partial charge in [0.1, 0.15) is 11.6 Å². The number of ketones is 2. The lowest BCUT2D eigenvalue weighted by molar-refractivity contribution is -0.162. The van der Waals surface area contributed by atoms with Crippen LogP contribution in [0.5, 0.6) is 0 Å². The monoisotopic (exact) mass is 178 g/mol. The van der Waals surface area contributed by atoms with Gasteiger partial charge in [0.2, 0.25) is 0 Å². The molecule has 4 atom stereocenters. The molecule has 0 saturated heterocycles. The van der Waals surface area contributed by atoms with Crippen molar-refractivity contribution in [3.05, 3.63) is 0 Å². The Kier molecular flexibility index (Phi) is 1.21. The summed E-state index contributed by atoms with van der Waals surface area (Å²) in [7, 11) is 0. The summed E-state index contributed by atoms with van der Waals surface area (Å²) in [6.07, 6.45) is 3.85. The Morgan fingerprint density at radius 1 is 1.08 bits per heavy atom.